The van der Waals surface area contributed by atoms with Crippen LogP contribution in [0.4, 0.5) is 11.5 Å². The van der Waals surface area contributed by atoms with Crippen molar-refractivity contribution < 1.29 is 4.79 Å². The van der Waals surface area contributed by atoms with Gasteiger partial charge in [0.05, 0.1) is 17.8 Å². The third-order valence-corrected chi connectivity index (χ3v) is 3.51. The topological polar surface area (TPSA) is 45.2 Å². The standard InChI is InChI=1S/C14H14N3OP/c18-12-9-17(8-10-4-2-1-3-5-10)11-6-7-15-14(16-19)13(11)12/h1-7H,8-9,19H2,(H,15,16). The number of carbonyl (C=O) groups excluding carboxylic acids is 1. The smallest absolute Gasteiger partial charge is 0.187 e. The Morgan fingerprint density at radius 2 is 2.05 bits per heavy atom. The Labute approximate surface area is 114 Å². The van der Waals surface area contributed by atoms with Crippen molar-refractivity contribution in [2.75, 3.05) is 16.5 Å². The van der Waals surface area contributed by atoms with E-state index in [1.165, 1.54) is 5.56 Å². The molecule has 0 spiro atoms. The quantitative estimate of drug-likeness (QED) is 0.871. The predicted molar refractivity (Wildman–Crippen MR) is 79.4 cm³/mol. The molecule has 1 atom stereocenters. The molecule has 3 rings (SSSR count). The van der Waals surface area contributed by atoms with Gasteiger partial charge in [-0.25, -0.2) is 4.98 Å². The van der Waals surface area contributed by atoms with Crippen molar-refractivity contribution in [1.82, 2.24) is 4.98 Å². The Morgan fingerprint density at radius 3 is 2.79 bits per heavy atom. The number of ketones is 1. The zero-order valence-electron chi connectivity index (χ0n) is 10.3. The van der Waals surface area contributed by atoms with Crippen molar-refractivity contribution in [3.05, 3.63) is 53.7 Å². The van der Waals surface area contributed by atoms with E-state index in [1.54, 1.807) is 6.20 Å². The summed E-state index contributed by atoms with van der Waals surface area (Å²) in [5.41, 5.74) is 2.84. The average Bonchev–Trinajstić information content (AvgIpc) is 2.77. The van der Waals surface area contributed by atoms with Gasteiger partial charge in [-0.05, 0) is 21.0 Å². The first-order valence-electron chi connectivity index (χ1n) is 6.07. The molecule has 4 nitrogen and oxygen atoms in total. The highest BCUT2D eigenvalue weighted by atomic mass is 31.0. The maximum absolute atomic E-state index is 12.1. The molecule has 0 bridgehead atoms. The van der Waals surface area contributed by atoms with Crippen LogP contribution in [0.15, 0.2) is 42.6 Å². The van der Waals surface area contributed by atoms with Crippen LogP contribution in [0.1, 0.15) is 15.9 Å². The zero-order chi connectivity index (χ0) is 13.2. The number of fused-ring (bicyclic) bond motifs is 1. The predicted octanol–water partition coefficient (Wildman–Crippen LogP) is 2.49. The van der Waals surface area contributed by atoms with Gasteiger partial charge in [-0.3, -0.25) is 4.79 Å². The van der Waals surface area contributed by atoms with Crippen LogP contribution in [-0.2, 0) is 6.54 Å². The van der Waals surface area contributed by atoms with Crippen LogP contribution in [-0.4, -0.2) is 17.3 Å². The van der Waals surface area contributed by atoms with Gasteiger partial charge in [-0.15, -0.1) is 0 Å². The molecule has 1 aliphatic heterocycles. The Hall–Kier alpha value is -1.93. The number of pyridine rings is 1. The zero-order valence-corrected chi connectivity index (χ0v) is 11.5. The summed E-state index contributed by atoms with van der Waals surface area (Å²) >= 11 is 0. The summed E-state index contributed by atoms with van der Waals surface area (Å²) < 4.78 is 0. The molecule has 1 aromatic heterocycles. The van der Waals surface area contributed by atoms with E-state index in [0.29, 0.717) is 17.9 Å². The number of hydrogen-bond acceptors (Lipinski definition) is 4. The highest BCUT2D eigenvalue weighted by Gasteiger charge is 2.29. The summed E-state index contributed by atoms with van der Waals surface area (Å²) in [5, 5.41) is 2.90. The van der Waals surface area contributed by atoms with Gasteiger partial charge in [0, 0.05) is 12.7 Å². The fourth-order valence-electron chi connectivity index (χ4n) is 2.38. The molecule has 1 aliphatic rings. The number of rotatable bonds is 3. The number of Topliss-reactive ketones (excluding diaryl/α,β-unsaturated/α-hetero) is 1. The second kappa shape index (κ2) is 4.98. The molecule has 0 aliphatic carbocycles. The summed E-state index contributed by atoms with van der Waals surface area (Å²) in [5.74, 6) is 0.743. The van der Waals surface area contributed by atoms with Crippen LogP contribution in [0.5, 0.6) is 0 Å². The minimum Gasteiger partial charge on any atom is -0.359 e. The second-order valence-electron chi connectivity index (χ2n) is 4.46. The van der Waals surface area contributed by atoms with Crippen LogP contribution in [0, 0.1) is 0 Å². The first-order valence-corrected chi connectivity index (χ1v) is 6.65. The molecule has 2 aromatic rings. The lowest BCUT2D eigenvalue weighted by atomic mass is 10.2. The lowest BCUT2D eigenvalue weighted by molar-refractivity contribution is 0.101. The molecule has 1 unspecified atom stereocenters. The van der Waals surface area contributed by atoms with Crippen LogP contribution in [0.2, 0.25) is 0 Å². The highest BCUT2D eigenvalue weighted by molar-refractivity contribution is 7.18. The van der Waals surface area contributed by atoms with E-state index in [1.807, 2.05) is 24.3 Å². The third-order valence-electron chi connectivity index (χ3n) is 3.24. The molecule has 96 valence electrons. The average molecular weight is 271 g/mol. The van der Waals surface area contributed by atoms with Crippen molar-refractivity contribution in [2.24, 2.45) is 0 Å². The number of nitrogens with one attached hydrogen (secondary N) is 1. The molecule has 0 saturated heterocycles. The Bertz CT molecular complexity index is 615. The molecule has 0 saturated carbocycles. The van der Waals surface area contributed by atoms with Crippen molar-refractivity contribution in [3.63, 3.8) is 0 Å². The lowest BCUT2D eigenvalue weighted by Crippen LogP contribution is -2.21. The number of anilines is 2. The molecule has 19 heavy (non-hydrogen) atoms. The highest BCUT2D eigenvalue weighted by Crippen LogP contribution is 2.33. The van der Waals surface area contributed by atoms with Gasteiger partial charge in [-0.2, -0.15) is 0 Å². The van der Waals surface area contributed by atoms with E-state index >= 15 is 0 Å². The van der Waals surface area contributed by atoms with Crippen molar-refractivity contribution in [1.29, 1.82) is 0 Å². The molecule has 0 amide bonds. The van der Waals surface area contributed by atoms with Gasteiger partial charge in [0.15, 0.2) is 5.78 Å². The summed E-state index contributed by atoms with van der Waals surface area (Å²) in [6, 6.07) is 12.0. The van der Waals surface area contributed by atoms with Gasteiger partial charge in [0.1, 0.15) is 5.82 Å². The van der Waals surface area contributed by atoms with Crippen LogP contribution in [0.25, 0.3) is 0 Å². The minimum atomic E-state index is 0.115. The number of carbonyl (C=O) groups is 1. The molecule has 0 fully saturated rings. The Kier molecular flexibility index (Phi) is 3.18. The third kappa shape index (κ3) is 2.20. The Balaban J connectivity index is 1.94. The van der Waals surface area contributed by atoms with E-state index in [0.717, 1.165) is 12.2 Å². The SMILES string of the molecule is O=C1CN(Cc2ccccc2)c2ccnc(NP)c21. The fraction of sp³-hybridized carbons (Fsp3) is 0.143. The molecular weight excluding hydrogens is 257 g/mol. The molecule has 5 heteroatoms. The summed E-state index contributed by atoms with van der Waals surface area (Å²) in [7, 11) is 2.39. The van der Waals surface area contributed by atoms with Crippen molar-refractivity contribution >= 4 is 26.7 Å². The van der Waals surface area contributed by atoms with Gasteiger partial charge in [0.25, 0.3) is 0 Å². The fourth-order valence-corrected chi connectivity index (χ4v) is 2.60. The monoisotopic (exact) mass is 271 g/mol. The largest absolute Gasteiger partial charge is 0.359 e. The van der Waals surface area contributed by atoms with E-state index in [-0.39, 0.29) is 5.78 Å². The number of nitrogens with zero attached hydrogens (tertiary/aromatic N) is 2. The normalized spacial score (nSPS) is 13.5. The summed E-state index contributed by atoms with van der Waals surface area (Å²) in [4.78, 5) is 18.4. The minimum absolute atomic E-state index is 0.115. The van der Waals surface area contributed by atoms with E-state index in [2.05, 4.69) is 36.5 Å². The lowest BCUT2D eigenvalue weighted by Gasteiger charge is -2.18. The van der Waals surface area contributed by atoms with Crippen molar-refractivity contribution in [3.8, 4) is 0 Å². The van der Waals surface area contributed by atoms with Gasteiger partial charge >= 0.3 is 0 Å². The molecule has 1 aromatic carbocycles. The molecular formula is C14H14N3OP. The summed E-state index contributed by atoms with van der Waals surface area (Å²) in [6.07, 6.45) is 1.72. The van der Waals surface area contributed by atoms with Gasteiger partial charge in [-0.1, -0.05) is 30.3 Å². The second-order valence-corrected chi connectivity index (χ2v) is 4.75. The molecule has 2 heterocycles. The number of aromatic nitrogens is 1. The number of hydrogen-bond donors (Lipinski definition) is 1. The molecule has 1 N–H and O–H groups in total. The number of benzene rings is 1. The molecule has 0 radical (unpaired) electrons. The van der Waals surface area contributed by atoms with Crippen molar-refractivity contribution in [2.45, 2.75) is 6.54 Å². The first kappa shape index (κ1) is 12.1. The maximum Gasteiger partial charge on any atom is 0.187 e. The van der Waals surface area contributed by atoms with E-state index in [4.69, 9.17) is 0 Å². The van der Waals surface area contributed by atoms with Gasteiger partial charge in [0.2, 0.25) is 0 Å². The van der Waals surface area contributed by atoms with Crippen LogP contribution < -0.4 is 9.99 Å². The van der Waals surface area contributed by atoms with Crippen LogP contribution in [0.3, 0.4) is 0 Å². The van der Waals surface area contributed by atoms with E-state index in [9.17, 15) is 4.79 Å². The first-order chi connectivity index (χ1) is 9.29. The van der Waals surface area contributed by atoms with Gasteiger partial charge < -0.3 is 9.99 Å². The Morgan fingerprint density at radius 1 is 1.26 bits per heavy atom. The summed E-state index contributed by atoms with van der Waals surface area (Å²) in [6.45, 7) is 1.15. The van der Waals surface area contributed by atoms with Crippen LogP contribution >= 0.6 is 9.39 Å². The van der Waals surface area contributed by atoms with E-state index < -0.39 is 0 Å². The maximum atomic E-state index is 12.1.